The number of nitrogens with one attached hydrogen (secondary N) is 2. The predicted octanol–water partition coefficient (Wildman–Crippen LogP) is 4.04. The topological polar surface area (TPSA) is 81.1 Å². The van der Waals surface area contributed by atoms with E-state index in [0.717, 1.165) is 23.3 Å². The van der Waals surface area contributed by atoms with Crippen molar-refractivity contribution in [2.24, 2.45) is 0 Å². The van der Waals surface area contributed by atoms with Crippen molar-refractivity contribution in [2.75, 3.05) is 17.7 Å². The molecule has 8 heteroatoms. The van der Waals surface area contributed by atoms with E-state index in [0.29, 0.717) is 11.0 Å². The van der Waals surface area contributed by atoms with Gasteiger partial charge in [0.1, 0.15) is 5.75 Å². The van der Waals surface area contributed by atoms with Crippen LogP contribution >= 0.6 is 11.6 Å². The van der Waals surface area contributed by atoms with Crippen LogP contribution in [0.15, 0.2) is 48.5 Å². The van der Waals surface area contributed by atoms with E-state index in [2.05, 4.69) is 20.7 Å². The lowest BCUT2D eigenvalue weighted by Crippen LogP contribution is -2.28. The highest BCUT2D eigenvalue weighted by Crippen LogP contribution is 2.41. The fraction of sp³-hybridized carbons (Fsp3) is 0.250. The number of methoxy groups -OCH3 is 1. The van der Waals surface area contributed by atoms with E-state index in [4.69, 9.17) is 16.3 Å². The molecule has 2 N–H and O–H groups in total. The molecule has 7 nitrogen and oxygen atoms in total. The lowest BCUT2D eigenvalue weighted by Gasteiger charge is -2.32. The van der Waals surface area contributed by atoms with E-state index in [1.165, 1.54) is 6.92 Å². The summed E-state index contributed by atoms with van der Waals surface area (Å²) in [6.07, 6.45) is 0.734. The summed E-state index contributed by atoms with van der Waals surface area (Å²) in [5.41, 5.74) is 2.10. The second-order valence-electron chi connectivity index (χ2n) is 6.63. The van der Waals surface area contributed by atoms with Gasteiger partial charge in [-0.1, -0.05) is 41.9 Å². The first kappa shape index (κ1) is 18.3. The molecule has 0 radical (unpaired) electrons. The molecule has 1 amide bonds. The molecule has 28 heavy (non-hydrogen) atoms. The van der Waals surface area contributed by atoms with Crippen molar-refractivity contribution in [3.63, 3.8) is 0 Å². The van der Waals surface area contributed by atoms with Gasteiger partial charge >= 0.3 is 0 Å². The van der Waals surface area contributed by atoms with E-state index in [1.54, 1.807) is 11.8 Å². The molecule has 0 aliphatic carbocycles. The predicted molar refractivity (Wildman–Crippen MR) is 108 cm³/mol. The number of amides is 1. The summed E-state index contributed by atoms with van der Waals surface area (Å²) in [5.74, 6) is 1.43. The number of hydrogen-bond donors (Lipinski definition) is 2. The molecule has 3 aromatic rings. The lowest BCUT2D eigenvalue weighted by atomic mass is 9.93. The number of carbonyl (C=O) groups is 1. The SMILES string of the molecule is COc1ccccc1[C@@H]1C[C@H](c2ccc(Cl)cc2)Nc2nc(NC(C)=O)nn21. The zero-order valence-electron chi connectivity index (χ0n) is 15.5. The number of para-hydroxylation sites is 1. The summed E-state index contributed by atoms with van der Waals surface area (Å²) in [6, 6.07) is 15.5. The third kappa shape index (κ3) is 3.53. The summed E-state index contributed by atoms with van der Waals surface area (Å²) < 4.78 is 7.37. The molecule has 1 aliphatic rings. The molecule has 144 valence electrons. The Labute approximate surface area is 167 Å². The molecule has 0 spiro atoms. The third-order valence-corrected chi connectivity index (χ3v) is 5.00. The van der Waals surface area contributed by atoms with Gasteiger partial charge in [0.25, 0.3) is 5.95 Å². The highest BCUT2D eigenvalue weighted by Gasteiger charge is 2.32. The number of ether oxygens (including phenoxy) is 1. The molecule has 1 aliphatic heterocycles. The van der Waals surface area contributed by atoms with E-state index < -0.39 is 0 Å². The van der Waals surface area contributed by atoms with Gasteiger partial charge in [0.2, 0.25) is 11.9 Å². The normalized spacial score (nSPS) is 18.1. The van der Waals surface area contributed by atoms with E-state index in [1.807, 2.05) is 48.5 Å². The van der Waals surface area contributed by atoms with Crippen LogP contribution in [-0.4, -0.2) is 27.8 Å². The number of nitrogens with zero attached hydrogens (tertiary/aromatic N) is 3. The first-order chi connectivity index (χ1) is 13.5. The van der Waals surface area contributed by atoms with Crippen molar-refractivity contribution in [1.82, 2.24) is 14.8 Å². The highest BCUT2D eigenvalue weighted by atomic mass is 35.5. The fourth-order valence-corrected chi connectivity index (χ4v) is 3.63. The Morgan fingerprint density at radius 3 is 2.71 bits per heavy atom. The van der Waals surface area contributed by atoms with Gasteiger partial charge in [-0.3, -0.25) is 10.1 Å². The first-order valence-electron chi connectivity index (χ1n) is 8.94. The Balaban J connectivity index is 1.78. The Hall–Kier alpha value is -3.06. The van der Waals surface area contributed by atoms with Crippen LogP contribution < -0.4 is 15.4 Å². The molecular formula is C20H20ClN5O2. The number of rotatable bonds is 4. The number of halogens is 1. The van der Waals surface area contributed by atoms with E-state index in [-0.39, 0.29) is 23.9 Å². The Kier molecular flexibility index (Phi) is 4.92. The third-order valence-electron chi connectivity index (χ3n) is 4.75. The number of hydrogen-bond acceptors (Lipinski definition) is 5. The Bertz CT molecular complexity index is 1000. The van der Waals surface area contributed by atoms with Gasteiger partial charge in [-0.05, 0) is 30.2 Å². The first-order valence-corrected chi connectivity index (χ1v) is 9.32. The van der Waals surface area contributed by atoms with Crippen molar-refractivity contribution >= 4 is 29.4 Å². The fourth-order valence-electron chi connectivity index (χ4n) is 3.50. The maximum atomic E-state index is 11.4. The zero-order chi connectivity index (χ0) is 19.7. The average Bonchev–Trinajstić information content (AvgIpc) is 3.09. The average molecular weight is 398 g/mol. The Morgan fingerprint density at radius 2 is 2.00 bits per heavy atom. The molecule has 2 heterocycles. The molecule has 2 atom stereocenters. The van der Waals surface area contributed by atoms with Crippen LogP contribution in [0.4, 0.5) is 11.9 Å². The smallest absolute Gasteiger partial charge is 0.250 e. The molecular weight excluding hydrogens is 378 g/mol. The van der Waals surface area contributed by atoms with Crippen LogP contribution in [0.1, 0.15) is 36.6 Å². The second kappa shape index (κ2) is 7.52. The summed E-state index contributed by atoms with van der Waals surface area (Å²) in [6.45, 7) is 1.43. The van der Waals surface area contributed by atoms with Gasteiger partial charge in [-0.25, -0.2) is 4.68 Å². The number of fused-ring (bicyclic) bond motifs is 1. The molecule has 4 rings (SSSR count). The van der Waals surface area contributed by atoms with Crippen molar-refractivity contribution in [1.29, 1.82) is 0 Å². The van der Waals surface area contributed by atoms with Gasteiger partial charge in [-0.2, -0.15) is 4.98 Å². The monoisotopic (exact) mass is 397 g/mol. The lowest BCUT2D eigenvalue weighted by molar-refractivity contribution is -0.114. The van der Waals surface area contributed by atoms with E-state index >= 15 is 0 Å². The minimum Gasteiger partial charge on any atom is -0.496 e. The quantitative estimate of drug-likeness (QED) is 0.694. The second-order valence-corrected chi connectivity index (χ2v) is 7.06. The van der Waals surface area contributed by atoms with Crippen molar-refractivity contribution < 1.29 is 9.53 Å². The van der Waals surface area contributed by atoms with Gasteiger partial charge in [-0.15, -0.1) is 5.10 Å². The van der Waals surface area contributed by atoms with Crippen molar-refractivity contribution in [3.05, 3.63) is 64.7 Å². The van der Waals surface area contributed by atoms with Gasteiger partial charge in [0.15, 0.2) is 0 Å². The molecule has 1 aromatic heterocycles. The highest BCUT2D eigenvalue weighted by molar-refractivity contribution is 6.30. The minimum absolute atomic E-state index is 0.00839. The maximum Gasteiger partial charge on any atom is 0.250 e. The minimum atomic E-state index is -0.217. The summed E-state index contributed by atoms with van der Waals surface area (Å²) in [4.78, 5) is 15.9. The zero-order valence-corrected chi connectivity index (χ0v) is 16.3. The van der Waals surface area contributed by atoms with Crippen LogP contribution in [0.25, 0.3) is 0 Å². The largest absolute Gasteiger partial charge is 0.496 e. The van der Waals surface area contributed by atoms with Crippen LogP contribution in [-0.2, 0) is 4.79 Å². The van der Waals surface area contributed by atoms with Gasteiger partial charge < -0.3 is 10.1 Å². The number of carbonyl (C=O) groups excluding carboxylic acids is 1. The van der Waals surface area contributed by atoms with E-state index in [9.17, 15) is 4.79 Å². The molecule has 0 bridgehead atoms. The van der Waals surface area contributed by atoms with Crippen LogP contribution in [0.3, 0.4) is 0 Å². The van der Waals surface area contributed by atoms with Crippen molar-refractivity contribution in [2.45, 2.75) is 25.4 Å². The maximum absolute atomic E-state index is 11.4. The van der Waals surface area contributed by atoms with Crippen LogP contribution in [0, 0.1) is 0 Å². The molecule has 0 unspecified atom stereocenters. The molecule has 0 saturated carbocycles. The van der Waals surface area contributed by atoms with Crippen LogP contribution in [0.2, 0.25) is 5.02 Å². The summed E-state index contributed by atoms with van der Waals surface area (Å²) in [5, 5.41) is 11.3. The number of anilines is 2. The summed E-state index contributed by atoms with van der Waals surface area (Å²) >= 11 is 6.04. The van der Waals surface area contributed by atoms with Gasteiger partial charge in [0, 0.05) is 17.5 Å². The van der Waals surface area contributed by atoms with Gasteiger partial charge in [0.05, 0.1) is 19.2 Å². The Morgan fingerprint density at radius 1 is 1.25 bits per heavy atom. The number of aromatic nitrogens is 3. The molecule has 0 fully saturated rings. The van der Waals surface area contributed by atoms with Crippen molar-refractivity contribution in [3.8, 4) is 5.75 Å². The molecule has 2 aromatic carbocycles. The number of benzene rings is 2. The standard InChI is InChI=1S/C20H20ClN5O2/c1-12(27)22-19-24-20-23-16(13-7-9-14(21)10-8-13)11-17(26(20)25-19)15-5-3-4-6-18(15)28-2/h3-10,16-17H,11H2,1-2H3,(H2,22,23,24,25,27)/t16-,17+/m1/s1. The van der Waals surface area contributed by atoms with Crippen LogP contribution in [0.5, 0.6) is 5.75 Å². The summed E-state index contributed by atoms with van der Waals surface area (Å²) in [7, 11) is 1.65. The molecule has 0 saturated heterocycles.